The summed E-state index contributed by atoms with van der Waals surface area (Å²) in [5.74, 6) is -0.153. The molecule has 0 radical (unpaired) electrons. The van der Waals surface area contributed by atoms with Gasteiger partial charge in [-0.1, -0.05) is 35.5 Å². The molecule has 1 fully saturated rings. The highest BCUT2D eigenvalue weighted by Gasteiger charge is 2.27. The zero-order chi connectivity index (χ0) is 22.0. The predicted octanol–water partition coefficient (Wildman–Crippen LogP) is 4.22. The number of rotatable bonds is 7. The number of halogens is 1. The van der Waals surface area contributed by atoms with Crippen LogP contribution in [0.4, 0.5) is 5.69 Å². The fourth-order valence-corrected chi connectivity index (χ4v) is 6.21. The molecule has 7 nitrogen and oxygen atoms in total. The molecule has 0 aliphatic carbocycles. The number of para-hydroxylation sites is 2. The van der Waals surface area contributed by atoms with Crippen LogP contribution < -0.4 is 5.32 Å². The highest BCUT2D eigenvalue weighted by atomic mass is 35.5. The lowest BCUT2D eigenvalue weighted by Crippen LogP contribution is -2.28. The molecule has 10 heteroatoms. The van der Waals surface area contributed by atoms with E-state index in [2.05, 4.69) is 14.9 Å². The third kappa shape index (κ3) is 4.59. The summed E-state index contributed by atoms with van der Waals surface area (Å²) in [6, 6.07) is 12.2. The third-order valence-corrected chi connectivity index (χ3v) is 8.38. The number of aromatic nitrogens is 2. The van der Waals surface area contributed by atoms with Crippen molar-refractivity contribution in [3.63, 3.8) is 0 Å². The number of thioether (sulfide) groups is 1. The number of anilines is 1. The van der Waals surface area contributed by atoms with Crippen LogP contribution >= 0.6 is 23.4 Å². The number of nitrogens with zero attached hydrogens (tertiary/aromatic N) is 3. The smallest absolute Gasteiger partial charge is 0.243 e. The van der Waals surface area contributed by atoms with Crippen LogP contribution in [0.5, 0.6) is 0 Å². The number of hydrogen-bond donors (Lipinski definition) is 1. The highest BCUT2D eigenvalue weighted by Crippen LogP contribution is 2.29. The van der Waals surface area contributed by atoms with E-state index in [-0.39, 0.29) is 22.2 Å². The van der Waals surface area contributed by atoms with E-state index in [4.69, 9.17) is 11.6 Å². The molecule has 1 amide bonds. The lowest BCUT2D eigenvalue weighted by atomic mass is 10.3. The van der Waals surface area contributed by atoms with E-state index >= 15 is 0 Å². The summed E-state index contributed by atoms with van der Waals surface area (Å²) in [6.07, 6.45) is 1.71. The number of hydrogen-bond acceptors (Lipinski definition) is 5. The maximum Gasteiger partial charge on any atom is 0.243 e. The van der Waals surface area contributed by atoms with E-state index in [1.165, 1.54) is 34.3 Å². The van der Waals surface area contributed by atoms with Crippen LogP contribution in [0, 0.1) is 0 Å². The maximum absolute atomic E-state index is 12.8. The number of carbonyl (C=O) groups excluding carboxylic acids is 1. The zero-order valence-corrected chi connectivity index (χ0v) is 19.4. The largest absolute Gasteiger partial charge is 0.324 e. The summed E-state index contributed by atoms with van der Waals surface area (Å²) in [7, 11) is -3.59. The molecule has 1 N–H and O–H groups in total. The van der Waals surface area contributed by atoms with E-state index < -0.39 is 10.0 Å². The van der Waals surface area contributed by atoms with Crippen molar-refractivity contribution in [1.29, 1.82) is 0 Å². The molecular formula is C21H23ClN4O3S2. The second-order valence-corrected chi connectivity index (χ2v) is 10.5. The first kappa shape index (κ1) is 22.1. The molecule has 3 aromatic rings. The molecule has 164 valence electrons. The summed E-state index contributed by atoms with van der Waals surface area (Å²) >= 11 is 7.55. The Hall–Kier alpha value is -2.07. The van der Waals surface area contributed by atoms with Crippen molar-refractivity contribution in [3.05, 3.63) is 47.5 Å². The molecule has 0 atom stereocenters. The normalized spacial score (nSPS) is 14.9. The lowest BCUT2D eigenvalue weighted by molar-refractivity contribution is -0.113. The fourth-order valence-electron chi connectivity index (χ4n) is 3.62. The highest BCUT2D eigenvalue weighted by molar-refractivity contribution is 7.99. The van der Waals surface area contributed by atoms with Gasteiger partial charge in [-0.25, -0.2) is 13.4 Å². The first-order valence-corrected chi connectivity index (χ1v) is 12.9. The second-order valence-electron chi connectivity index (χ2n) is 7.22. The summed E-state index contributed by atoms with van der Waals surface area (Å²) in [6.45, 7) is 3.81. The topological polar surface area (TPSA) is 84.3 Å². The molecule has 0 spiro atoms. The van der Waals surface area contributed by atoms with Crippen LogP contribution in [0.3, 0.4) is 0 Å². The Labute approximate surface area is 190 Å². The predicted molar refractivity (Wildman–Crippen MR) is 124 cm³/mol. The maximum atomic E-state index is 12.8. The molecule has 4 rings (SSSR count). The molecule has 2 aromatic carbocycles. The van der Waals surface area contributed by atoms with Crippen molar-refractivity contribution in [1.82, 2.24) is 13.9 Å². The second kappa shape index (κ2) is 9.20. The number of amides is 1. The average molecular weight is 479 g/mol. The van der Waals surface area contributed by atoms with Crippen molar-refractivity contribution in [2.75, 3.05) is 24.2 Å². The van der Waals surface area contributed by atoms with Gasteiger partial charge in [0.05, 0.1) is 32.4 Å². The zero-order valence-electron chi connectivity index (χ0n) is 17.0. The summed E-state index contributed by atoms with van der Waals surface area (Å²) in [5.41, 5.74) is 2.20. The lowest BCUT2D eigenvalue weighted by Gasteiger charge is -2.16. The van der Waals surface area contributed by atoms with E-state index in [1.807, 2.05) is 31.2 Å². The SMILES string of the molecule is CCn1c(SCC(=O)Nc2cc(S(=O)(=O)N3CCCC3)ccc2Cl)nc2ccccc21. The minimum Gasteiger partial charge on any atom is -0.324 e. The van der Waals surface area contributed by atoms with Gasteiger partial charge in [0.15, 0.2) is 5.16 Å². The van der Waals surface area contributed by atoms with Crippen molar-refractivity contribution >= 4 is 56.0 Å². The molecular weight excluding hydrogens is 456 g/mol. The Kier molecular flexibility index (Phi) is 6.57. The van der Waals surface area contributed by atoms with Gasteiger partial charge in [0.2, 0.25) is 15.9 Å². The fraction of sp³-hybridized carbons (Fsp3) is 0.333. The van der Waals surface area contributed by atoms with Crippen LogP contribution in [0.15, 0.2) is 52.5 Å². The number of sulfonamides is 1. The molecule has 1 aromatic heterocycles. The van der Waals surface area contributed by atoms with Gasteiger partial charge >= 0.3 is 0 Å². The standard InChI is InChI=1S/C21H23ClN4O3S2/c1-2-26-19-8-4-3-7-17(19)24-21(26)30-14-20(27)23-18-13-15(9-10-16(18)22)31(28,29)25-11-5-6-12-25/h3-4,7-10,13H,2,5-6,11-12,14H2,1H3,(H,23,27). The first-order chi connectivity index (χ1) is 14.9. The summed E-state index contributed by atoms with van der Waals surface area (Å²) in [5, 5.41) is 3.79. The minimum absolute atomic E-state index is 0.128. The van der Waals surface area contributed by atoms with Gasteiger partial charge < -0.3 is 9.88 Å². The molecule has 0 saturated carbocycles. The number of carbonyl (C=O) groups is 1. The van der Waals surface area contributed by atoms with E-state index in [0.29, 0.717) is 18.1 Å². The van der Waals surface area contributed by atoms with Crippen LogP contribution in [-0.4, -0.2) is 47.0 Å². The van der Waals surface area contributed by atoms with Gasteiger partial charge in [-0.3, -0.25) is 4.79 Å². The molecule has 0 unspecified atom stereocenters. The Morgan fingerprint density at radius 3 is 2.68 bits per heavy atom. The quantitative estimate of drug-likeness (QED) is 0.514. The molecule has 2 heterocycles. The Bertz CT molecular complexity index is 1220. The van der Waals surface area contributed by atoms with Crippen LogP contribution in [0.1, 0.15) is 19.8 Å². The van der Waals surface area contributed by atoms with Gasteiger partial charge in [-0.2, -0.15) is 4.31 Å². The molecule has 1 saturated heterocycles. The van der Waals surface area contributed by atoms with Gasteiger partial charge in [0.1, 0.15) is 0 Å². The summed E-state index contributed by atoms with van der Waals surface area (Å²) in [4.78, 5) is 17.3. The van der Waals surface area contributed by atoms with Crippen LogP contribution in [-0.2, 0) is 21.4 Å². The number of benzene rings is 2. The van der Waals surface area contributed by atoms with Crippen LogP contribution in [0.2, 0.25) is 5.02 Å². The Morgan fingerprint density at radius 2 is 1.94 bits per heavy atom. The molecule has 31 heavy (non-hydrogen) atoms. The van der Waals surface area contributed by atoms with E-state index in [1.54, 1.807) is 0 Å². The van der Waals surface area contributed by atoms with E-state index in [9.17, 15) is 13.2 Å². The summed E-state index contributed by atoms with van der Waals surface area (Å²) < 4.78 is 29.1. The van der Waals surface area contributed by atoms with Crippen molar-refractivity contribution in [2.24, 2.45) is 0 Å². The molecule has 1 aliphatic heterocycles. The molecule has 0 bridgehead atoms. The average Bonchev–Trinajstić information content (AvgIpc) is 3.42. The number of fused-ring (bicyclic) bond motifs is 1. The van der Waals surface area contributed by atoms with Crippen molar-refractivity contribution in [2.45, 2.75) is 36.4 Å². The van der Waals surface area contributed by atoms with E-state index in [0.717, 1.165) is 35.6 Å². The molecule has 1 aliphatic rings. The Morgan fingerprint density at radius 1 is 1.19 bits per heavy atom. The van der Waals surface area contributed by atoms with Gasteiger partial charge in [0, 0.05) is 19.6 Å². The van der Waals surface area contributed by atoms with Gasteiger partial charge in [-0.15, -0.1) is 0 Å². The van der Waals surface area contributed by atoms with Crippen molar-refractivity contribution < 1.29 is 13.2 Å². The number of aryl methyl sites for hydroxylation is 1. The first-order valence-electron chi connectivity index (χ1n) is 10.1. The van der Waals surface area contributed by atoms with Crippen molar-refractivity contribution in [3.8, 4) is 0 Å². The number of imidazole rings is 1. The monoisotopic (exact) mass is 478 g/mol. The van der Waals surface area contributed by atoms with Gasteiger partial charge in [0.25, 0.3) is 0 Å². The minimum atomic E-state index is -3.59. The third-order valence-electron chi connectivity index (χ3n) is 5.18. The van der Waals surface area contributed by atoms with Gasteiger partial charge in [-0.05, 0) is 50.1 Å². The van der Waals surface area contributed by atoms with Crippen LogP contribution in [0.25, 0.3) is 11.0 Å². The number of nitrogens with one attached hydrogen (secondary N) is 1. The Balaban J connectivity index is 1.48.